The van der Waals surface area contributed by atoms with Crippen molar-refractivity contribution < 1.29 is 0 Å². The number of hydrogen-bond donors (Lipinski definition) is 1. The lowest BCUT2D eigenvalue weighted by atomic mass is 9.85. The largest absolute Gasteiger partial charge is 0.308 e. The molecule has 1 saturated carbocycles. The summed E-state index contributed by atoms with van der Waals surface area (Å²) >= 11 is 1.63. The van der Waals surface area contributed by atoms with E-state index in [-0.39, 0.29) is 0 Å². The van der Waals surface area contributed by atoms with Crippen molar-refractivity contribution in [1.82, 2.24) is 25.1 Å². The number of nitrogens with zero attached hydrogens (tertiary/aromatic N) is 4. The van der Waals surface area contributed by atoms with Crippen molar-refractivity contribution in [1.29, 1.82) is 0 Å². The Balaban J connectivity index is 1.83. The molecule has 0 aromatic carbocycles. The van der Waals surface area contributed by atoms with Crippen LogP contribution in [0.5, 0.6) is 0 Å². The van der Waals surface area contributed by atoms with Gasteiger partial charge in [-0.15, -0.1) is 10.2 Å². The summed E-state index contributed by atoms with van der Waals surface area (Å²) in [5.41, 5.74) is 0. The molecule has 2 aromatic rings. The van der Waals surface area contributed by atoms with Gasteiger partial charge in [0.05, 0.1) is 0 Å². The molecule has 0 aliphatic heterocycles. The summed E-state index contributed by atoms with van der Waals surface area (Å²) in [4.78, 5) is 0.924. The van der Waals surface area contributed by atoms with Crippen molar-refractivity contribution in [3.63, 3.8) is 0 Å². The molecular formula is C11H17N5S. The number of hydrogen-bond acceptors (Lipinski definition) is 5. The average Bonchev–Trinajstić information content (AvgIpc) is 2.74. The molecule has 1 aliphatic carbocycles. The van der Waals surface area contributed by atoms with Crippen LogP contribution >= 0.6 is 11.3 Å². The van der Waals surface area contributed by atoms with Crippen LogP contribution in [0.2, 0.25) is 0 Å². The van der Waals surface area contributed by atoms with Gasteiger partial charge in [-0.25, -0.2) is 0 Å². The van der Waals surface area contributed by atoms with E-state index in [0.29, 0.717) is 12.0 Å². The van der Waals surface area contributed by atoms with Gasteiger partial charge < -0.3 is 5.32 Å². The maximum absolute atomic E-state index is 4.60. The molecule has 2 heterocycles. The predicted molar refractivity (Wildman–Crippen MR) is 67.2 cm³/mol. The molecule has 0 spiro atoms. The van der Waals surface area contributed by atoms with Gasteiger partial charge in [0.15, 0.2) is 5.82 Å². The van der Waals surface area contributed by atoms with Crippen LogP contribution in [0.25, 0.3) is 4.96 Å². The molecule has 1 fully saturated rings. The summed E-state index contributed by atoms with van der Waals surface area (Å²) in [6, 6.07) is 0.482. The van der Waals surface area contributed by atoms with Crippen molar-refractivity contribution in [3.8, 4) is 0 Å². The standard InChI is InChI=1S/C11H17N5S/c1-7(2)12-6-9-15-16-10(8-4-3-5-8)13-14-11(16)17-9/h7-8,12H,3-6H2,1-2H3. The zero-order chi connectivity index (χ0) is 11.8. The van der Waals surface area contributed by atoms with Gasteiger partial charge in [0.1, 0.15) is 5.01 Å². The minimum atomic E-state index is 0.482. The Bertz CT molecular complexity index is 511. The summed E-state index contributed by atoms with van der Waals surface area (Å²) in [6.07, 6.45) is 3.78. The van der Waals surface area contributed by atoms with Gasteiger partial charge >= 0.3 is 0 Å². The maximum Gasteiger partial charge on any atom is 0.234 e. The Hall–Kier alpha value is -1.01. The second kappa shape index (κ2) is 4.34. The van der Waals surface area contributed by atoms with Gasteiger partial charge in [-0.2, -0.15) is 9.61 Å². The molecular weight excluding hydrogens is 234 g/mol. The third-order valence-corrected chi connectivity index (χ3v) is 4.09. The van der Waals surface area contributed by atoms with E-state index < -0.39 is 0 Å². The van der Waals surface area contributed by atoms with Crippen molar-refractivity contribution in [2.24, 2.45) is 0 Å². The van der Waals surface area contributed by atoms with Gasteiger partial charge in [-0.05, 0) is 12.8 Å². The smallest absolute Gasteiger partial charge is 0.234 e. The van der Waals surface area contributed by atoms with Crippen LogP contribution in [0.3, 0.4) is 0 Å². The highest BCUT2D eigenvalue weighted by Crippen LogP contribution is 2.35. The van der Waals surface area contributed by atoms with E-state index in [1.165, 1.54) is 19.3 Å². The quantitative estimate of drug-likeness (QED) is 0.902. The predicted octanol–water partition coefficient (Wildman–Crippen LogP) is 1.95. The van der Waals surface area contributed by atoms with Crippen molar-refractivity contribution >= 4 is 16.3 Å². The van der Waals surface area contributed by atoms with E-state index in [2.05, 4.69) is 34.5 Å². The van der Waals surface area contributed by atoms with Crippen molar-refractivity contribution in [3.05, 3.63) is 10.8 Å². The Morgan fingerprint density at radius 2 is 2.24 bits per heavy atom. The first-order valence-corrected chi connectivity index (χ1v) is 7.00. The Morgan fingerprint density at radius 1 is 1.41 bits per heavy atom. The minimum absolute atomic E-state index is 0.482. The first kappa shape index (κ1) is 11.1. The summed E-state index contributed by atoms with van der Waals surface area (Å²) in [7, 11) is 0. The lowest BCUT2D eigenvalue weighted by molar-refractivity contribution is 0.394. The summed E-state index contributed by atoms with van der Waals surface area (Å²) in [5.74, 6) is 1.64. The molecule has 3 rings (SSSR count). The molecule has 0 unspecified atom stereocenters. The number of nitrogens with one attached hydrogen (secondary N) is 1. The average molecular weight is 251 g/mol. The molecule has 6 heteroatoms. The van der Waals surface area contributed by atoms with Gasteiger partial charge in [-0.3, -0.25) is 0 Å². The van der Waals surface area contributed by atoms with Crippen LogP contribution in [-0.2, 0) is 6.54 Å². The minimum Gasteiger partial charge on any atom is -0.308 e. The van der Waals surface area contributed by atoms with E-state index in [1.807, 2.05) is 4.52 Å². The topological polar surface area (TPSA) is 55.1 Å². The maximum atomic E-state index is 4.60. The van der Waals surface area contributed by atoms with Gasteiger partial charge in [0, 0.05) is 18.5 Å². The van der Waals surface area contributed by atoms with Crippen LogP contribution < -0.4 is 5.32 Å². The molecule has 0 radical (unpaired) electrons. The molecule has 0 amide bonds. The molecule has 5 nitrogen and oxygen atoms in total. The molecule has 92 valence electrons. The lowest BCUT2D eigenvalue weighted by Crippen LogP contribution is -2.22. The zero-order valence-corrected chi connectivity index (χ0v) is 11.0. The van der Waals surface area contributed by atoms with Gasteiger partial charge in [-0.1, -0.05) is 31.6 Å². The Kier molecular flexibility index (Phi) is 2.84. The van der Waals surface area contributed by atoms with E-state index in [1.54, 1.807) is 11.3 Å². The molecule has 17 heavy (non-hydrogen) atoms. The fraction of sp³-hybridized carbons (Fsp3) is 0.727. The van der Waals surface area contributed by atoms with Crippen molar-refractivity contribution in [2.45, 2.75) is 51.6 Å². The molecule has 0 bridgehead atoms. The molecule has 2 aromatic heterocycles. The molecule has 1 N–H and O–H groups in total. The third kappa shape index (κ3) is 2.07. The zero-order valence-electron chi connectivity index (χ0n) is 10.2. The van der Waals surface area contributed by atoms with Crippen LogP contribution in [0.4, 0.5) is 0 Å². The SMILES string of the molecule is CC(C)NCc1nn2c(C3CCC3)nnc2s1. The van der Waals surface area contributed by atoms with Crippen LogP contribution in [0, 0.1) is 0 Å². The Morgan fingerprint density at radius 3 is 2.88 bits per heavy atom. The second-order valence-electron chi connectivity index (χ2n) is 4.91. The highest BCUT2D eigenvalue weighted by atomic mass is 32.1. The van der Waals surface area contributed by atoms with Crippen molar-refractivity contribution in [2.75, 3.05) is 0 Å². The normalized spacial score (nSPS) is 16.9. The molecule has 0 saturated heterocycles. The first-order valence-electron chi connectivity index (χ1n) is 6.18. The van der Waals surface area contributed by atoms with Gasteiger partial charge in [0.2, 0.25) is 4.96 Å². The summed E-state index contributed by atoms with van der Waals surface area (Å²) in [5, 5.41) is 17.5. The van der Waals surface area contributed by atoms with E-state index in [9.17, 15) is 0 Å². The van der Waals surface area contributed by atoms with E-state index in [0.717, 1.165) is 22.3 Å². The highest BCUT2D eigenvalue weighted by molar-refractivity contribution is 7.16. The summed E-state index contributed by atoms with van der Waals surface area (Å²) < 4.78 is 1.94. The van der Waals surface area contributed by atoms with E-state index in [4.69, 9.17) is 0 Å². The second-order valence-corrected chi connectivity index (χ2v) is 5.95. The van der Waals surface area contributed by atoms with Crippen LogP contribution in [0.15, 0.2) is 0 Å². The first-order chi connectivity index (χ1) is 8.24. The fourth-order valence-corrected chi connectivity index (χ4v) is 2.75. The number of fused-ring (bicyclic) bond motifs is 1. The van der Waals surface area contributed by atoms with Crippen LogP contribution in [-0.4, -0.2) is 25.9 Å². The summed E-state index contributed by atoms with van der Waals surface area (Å²) in [6.45, 7) is 5.09. The fourth-order valence-electron chi connectivity index (χ4n) is 1.96. The van der Waals surface area contributed by atoms with Crippen LogP contribution in [0.1, 0.15) is 49.9 Å². The van der Waals surface area contributed by atoms with Gasteiger partial charge in [0.25, 0.3) is 0 Å². The molecule has 1 aliphatic rings. The third-order valence-electron chi connectivity index (χ3n) is 3.19. The Labute approximate surface area is 104 Å². The molecule has 0 atom stereocenters. The highest BCUT2D eigenvalue weighted by Gasteiger charge is 2.26. The van der Waals surface area contributed by atoms with E-state index >= 15 is 0 Å². The monoisotopic (exact) mass is 251 g/mol. The lowest BCUT2D eigenvalue weighted by Gasteiger charge is -2.22. The number of aromatic nitrogens is 4. The number of rotatable bonds is 4.